The number of nitrogens with zero attached hydrogens (tertiary/aromatic N) is 2. The summed E-state index contributed by atoms with van der Waals surface area (Å²) < 4.78 is 0. The highest BCUT2D eigenvalue weighted by atomic mass is 16.4. The van der Waals surface area contributed by atoms with E-state index >= 15 is 0 Å². The molecule has 5 heteroatoms. The minimum atomic E-state index is -0.991. The van der Waals surface area contributed by atoms with Crippen molar-refractivity contribution >= 4 is 12.0 Å². The van der Waals surface area contributed by atoms with Crippen LogP contribution in [0.3, 0.4) is 0 Å². The van der Waals surface area contributed by atoms with E-state index in [9.17, 15) is 9.59 Å². The molecule has 0 bridgehead atoms. The first-order chi connectivity index (χ1) is 9.04. The largest absolute Gasteiger partial charge is 0.480 e. The number of hydrogen-bond acceptors (Lipinski definition) is 2. The normalized spacial score (nSPS) is 10.0. The number of hydrogen-bond donors (Lipinski definition) is 1. The molecule has 5 nitrogen and oxygen atoms in total. The quantitative estimate of drug-likeness (QED) is 0.855. The van der Waals surface area contributed by atoms with Crippen LogP contribution in [0.1, 0.15) is 18.9 Å². The molecule has 0 radical (unpaired) electrons. The standard InChI is InChI=1S/C14H20N2O3/c1-3-9-16(11-13(17)18)14(19)15(2)10-12-7-5-4-6-8-12/h4-8H,3,9-11H2,1-2H3,(H,17,18). The molecule has 0 atom stereocenters. The number of benzene rings is 1. The molecule has 1 aromatic carbocycles. The van der Waals surface area contributed by atoms with Crippen LogP contribution in [0.5, 0.6) is 0 Å². The Labute approximate surface area is 113 Å². The Balaban J connectivity index is 2.65. The first-order valence-electron chi connectivity index (χ1n) is 6.30. The third-order valence-electron chi connectivity index (χ3n) is 2.68. The lowest BCUT2D eigenvalue weighted by atomic mass is 10.2. The number of carbonyl (C=O) groups is 2. The number of urea groups is 1. The van der Waals surface area contributed by atoms with Gasteiger partial charge >= 0.3 is 12.0 Å². The molecule has 0 aliphatic carbocycles. The first kappa shape index (κ1) is 15.0. The third kappa shape index (κ3) is 4.99. The van der Waals surface area contributed by atoms with Crippen molar-refractivity contribution in [3.8, 4) is 0 Å². The Morgan fingerprint density at radius 2 is 1.84 bits per heavy atom. The van der Waals surface area contributed by atoms with Crippen LogP contribution in [0.25, 0.3) is 0 Å². The number of carboxylic acids is 1. The fourth-order valence-electron chi connectivity index (χ4n) is 1.84. The van der Waals surface area contributed by atoms with E-state index in [0.717, 1.165) is 12.0 Å². The zero-order valence-corrected chi connectivity index (χ0v) is 11.4. The maximum Gasteiger partial charge on any atom is 0.323 e. The molecule has 0 aliphatic rings. The molecule has 0 unspecified atom stereocenters. The second kappa shape index (κ2) is 7.41. The van der Waals surface area contributed by atoms with Crippen molar-refractivity contribution in [2.75, 3.05) is 20.1 Å². The highest BCUT2D eigenvalue weighted by Gasteiger charge is 2.19. The van der Waals surface area contributed by atoms with E-state index < -0.39 is 5.97 Å². The van der Waals surface area contributed by atoms with Gasteiger partial charge in [-0.25, -0.2) is 4.79 Å². The lowest BCUT2D eigenvalue weighted by Crippen LogP contribution is -2.43. The molecule has 0 aliphatic heterocycles. The maximum absolute atomic E-state index is 12.2. The van der Waals surface area contributed by atoms with Crippen LogP contribution in [-0.2, 0) is 11.3 Å². The first-order valence-corrected chi connectivity index (χ1v) is 6.30. The fraction of sp³-hybridized carbons (Fsp3) is 0.429. The van der Waals surface area contributed by atoms with Crippen LogP contribution in [0.15, 0.2) is 30.3 Å². The lowest BCUT2D eigenvalue weighted by molar-refractivity contribution is -0.137. The van der Waals surface area contributed by atoms with Crippen LogP contribution in [0.4, 0.5) is 4.79 Å². The smallest absolute Gasteiger partial charge is 0.323 e. The van der Waals surface area contributed by atoms with Crippen molar-refractivity contribution in [1.29, 1.82) is 0 Å². The van der Waals surface area contributed by atoms with E-state index in [1.807, 2.05) is 37.3 Å². The SMILES string of the molecule is CCCN(CC(=O)O)C(=O)N(C)Cc1ccccc1. The van der Waals surface area contributed by atoms with Crippen LogP contribution in [0.2, 0.25) is 0 Å². The van der Waals surface area contributed by atoms with Gasteiger partial charge in [-0.2, -0.15) is 0 Å². The van der Waals surface area contributed by atoms with Gasteiger partial charge in [-0.15, -0.1) is 0 Å². The van der Waals surface area contributed by atoms with Crippen molar-refractivity contribution in [3.05, 3.63) is 35.9 Å². The summed E-state index contributed by atoms with van der Waals surface area (Å²) in [6.45, 7) is 2.58. The highest BCUT2D eigenvalue weighted by molar-refractivity contribution is 5.80. The summed E-state index contributed by atoms with van der Waals surface area (Å²) in [5.74, 6) is -0.991. The van der Waals surface area contributed by atoms with Gasteiger partial charge in [0.05, 0.1) is 0 Å². The predicted octanol–water partition coefficient (Wildman–Crippen LogP) is 2.03. The van der Waals surface area contributed by atoms with Gasteiger partial charge in [-0.05, 0) is 12.0 Å². The maximum atomic E-state index is 12.2. The van der Waals surface area contributed by atoms with Crippen molar-refractivity contribution in [2.45, 2.75) is 19.9 Å². The van der Waals surface area contributed by atoms with Crippen LogP contribution >= 0.6 is 0 Å². The van der Waals surface area contributed by atoms with Gasteiger partial charge in [0.25, 0.3) is 0 Å². The number of amides is 2. The minimum Gasteiger partial charge on any atom is -0.480 e. The minimum absolute atomic E-state index is 0.256. The van der Waals surface area contributed by atoms with Crippen LogP contribution in [0, 0.1) is 0 Å². The molecular weight excluding hydrogens is 244 g/mol. The molecule has 0 saturated carbocycles. The molecule has 0 spiro atoms. The second-order valence-corrected chi connectivity index (χ2v) is 4.44. The van der Waals surface area contributed by atoms with Crippen molar-refractivity contribution in [1.82, 2.24) is 9.80 Å². The summed E-state index contributed by atoms with van der Waals surface area (Å²) in [5.41, 5.74) is 1.02. The molecule has 1 aromatic rings. The van der Waals surface area contributed by atoms with E-state index in [1.165, 1.54) is 9.80 Å². The topological polar surface area (TPSA) is 60.9 Å². The molecule has 0 saturated heterocycles. The second-order valence-electron chi connectivity index (χ2n) is 4.44. The molecule has 1 rings (SSSR count). The number of aliphatic carboxylic acids is 1. The molecule has 0 aromatic heterocycles. The molecule has 0 fully saturated rings. The molecule has 1 N–H and O–H groups in total. The van der Waals surface area contributed by atoms with E-state index in [-0.39, 0.29) is 12.6 Å². The summed E-state index contributed by atoms with van der Waals surface area (Å²) >= 11 is 0. The Hall–Kier alpha value is -2.04. The van der Waals surface area contributed by atoms with Crippen molar-refractivity contribution in [2.24, 2.45) is 0 Å². The number of carbonyl (C=O) groups excluding carboxylic acids is 1. The molecule has 2 amide bonds. The van der Waals surface area contributed by atoms with Gasteiger partial charge in [0.2, 0.25) is 0 Å². The number of carboxylic acid groups (broad SMARTS) is 1. The van der Waals surface area contributed by atoms with Gasteiger partial charge in [-0.1, -0.05) is 37.3 Å². The van der Waals surface area contributed by atoms with Crippen molar-refractivity contribution in [3.63, 3.8) is 0 Å². The third-order valence-corrected chi connectivity index (χ3v) is 2.68. The van der Waals surface area contributed by atoms with Crippen LogP contribution < -0.4 is 0 Å². The Morgan fingerprint density at radius 3 is 2.37 bits per heavy atom. The molecule has 104 valence electrons. The predicted molar refractivity (Wildman–Crippen MR) is 72.8 cm³/mol. The van der Waals surface area contributed by atoms with Gasteiger partial charge in [0.15, 0.2) is 0 Å². The van der Waals surface area contributed by atoms with Crippen LogP contribution in [-0.4, -0.2) is 47.0 Å². The average molecular weight is 264 g/mol. The zero-order valence-electron chi connectivity index (χ0n) is 11.4. The lowest BCUT2D eigenvalue weighted by Gasteiger charge is -2.26. The summed E-state index contributed by atoms with van der Waals surface area (Å²) in [4.78, 5) is 25.8. The van der Waals surface area contributed by atoms with Gasteiger partial charge < -0.3 is 14.9 Å². The average Bonchev–Trinajstić information content (AvgIpc) is 2.38. The van der Waals surface area contributed by atoms with Gasteiger partial charge in [0, 0.05) is 20.1 Å². The highest BCUT2D eigenvalue weighted by Crippen LogP contribution is 2.06. The van der Waals surface area contributed by atoms with E-state index in [2.05, 4.69) is 0 Å². The Morgan fingerprint density at radius 1 is 1.21 bits per heavy atom. The summed E-state index contributed by atoms with van der Waals surface area (Å²) in [7, 11) is 1.68. The fourth-order valence-corrected chi connectivity index (χ4v) is 1.84. The van der Waals surface area contributed by atoms with Crippen molar-refractivity contribution < 1.29 is 14.7 Å². The number of rotatable bonds is 6. The Kier molecular flexibility index (Phi) is 5.85. The summed E-state index contributed by atoms with van der Waals surface area (Å²) in [6.07, 6.45) is 0.734. The van der Waals surface area contributed by atoms with E-state index in [0.29, 0.717) is 13.1 Å². The van der Waals surface area contributed by atoms with E-state index in [4.69, 9.17) is 5.11 Å². The molecular formula is C14H20N2O3. The Bertz CT molecular complexity index is 420. The van der Waals surface area contributed by atoms with Gasteiger partial charge in [0.1, 0.15) is 6.54 Å². The van der Waals surface area contributed by atoms with E-state index in [1.54, 1.807) is 7.05 Å². The summed E-state index contributed by atoms with van der Waals surface area (Å²) in [5, 5.41) is 8.82. The zero-order chi connectivity index (χ0) is 14.3. The molecule has 19 heavy (non-hydrogen) atoms. The monoisotopic (exact) mass is 264 g/mol. The summed E-state index contributed by atoms with van der Waals surface area (Å²) in [6, 6.07) is 9.35. The molecule has 0 heterocycles. The van der Waals surface area contributed by atoms with Gasteiger partial charge in [-0.3, -0.25) is 4.79 Å².